The Morgan fingerprint density at radius 1 is 1.30 bits per heavy atom. The lowest BCUT2D eigenvalue weighted by molar-refractivity contribution is -0.147. The number of nitrogens with zero attached hydrogens (tertiary/aromatic N) is 1. The summed E-state index contributed by atoms with van der Waals surface area (Å²) in [6.07, 6.45) is 4.04. The number of benzene rings is 1. The van der Waals surface area contributed by atoms with Gasteiger partial charge in [-0.1, -0.05) is 35.7 Å². The zero-order chi connectivity index (χ0) is 14.5. The van der Waals surface area contributed by atoms with E-state index in [0.717, 1.165) is 31.5 Å². The van der Waals surface area contributed by atoms with E-state index in [1.54, 1.807) is 12.1 Å². The quantitative estimate of drug-likeness (QED) is 0.796. The predicted molar refractivity (Wildman–Crippen MR) is 81.4 cm³/mol. The highest BCUT2D eigenvalue weighted by Gasteiger charge is 2.28. The van der Waals surface area contributed by atoms with Gasteiger partial charge in [-0.05, 0) is 43.6 Å². The second kappa shape index (κ2) is 7.30. The Bertz CT molecular complexity index is 473. The molecule has 0 bridgehead atoms. The zero-order valence-electron chi connectivity index (χ0n) is 11.6. The van der Waals surface area contributed by atoms with Crippen LogP contribution in [0.15, 0.2) is 18.2 Å². The van der Waals surface area contributed by atoms with Crippen LogP contribution >= 0.6 is 23.2 Å². The Labute approximate surface area is 129 Å². The van der Waals surface area contributed by atoms with Gasteiger partial charge in [-0.2, -0.15) is 0 Å². The van der Waals surface area contributed by atoms with Crippen LogP contribution in [0.5, 0.6) is 0 Å². The molecule has 3 nitrogen and oxygen atoms in total. The average Bonchev–Trinajstić information content (AvgIpc) is 2.46. The fourth-order valence-corrected chi connectivity index (χ4v) is 3.11. The van der Waals surface area contributed by atoms with Crippen LogP contribution in [0.2, 0.25) is 10.0 Å². The molecule has 0 saturated carbocycles. The van der Waals surface area contributed by atoms with Crippen LogP contribution in [-0.4, -0.2) is 37.1 Å². The maximum atomic E-state index is 12.1. The van der Waals surface area contributed by atoms with Crippen molar-refractivity contribution in [2.24, 2.45) is 0 Å². The number of carbonyl (C=O) groups excluding carboxylic acids is 1. The van der Waals surface area contributed by atoms with Crippen molar-refractivity contribution in [1.82, 2.24) is 4.90 Å². The van der Waals surface area contributed by atoms with Crippen molar-refractivity contribution in [2.45, 2.75) is 31.7 Å². The molecule has 1 aliphatic rings. The monoisotopic (exact) mass is 315 g/mol. The van der Waals surface area contributed by atoms with E-state index in [-0.39, 0.29) is 12.0 Å². The third kappa shape index (κ3) is 3.87. The maximum Gasteiger partial charge on any atom is 0.323 e. The van der Waals surface area contributed by atoms with E-state index < -0.39 is 0 Å². The molecule has 0 aromatic heterocycles. The molecule has 0 radical (unpaired) electrons. The Morgan fingerprint density at radius 3 is 2.60 bits per heavy atom. The topological polar surface area (TPSA) is 29.5 Å². The fraction of sp³-hybridized carbons (Fsp3) is 0.533. The number of ether oxygens (including phenoxy) is 1. The molecule has 20 heavy (non-hydrogen) atoms. The SMILES string of the molecule is COC(=O)[C@@H](Cc1ccc(Cl)cc1Cl)N1CCCCC1. The van der Waals surface area contributed by atoms with Crippen LogP contribution in [0.1, 0.15) is 24.8 Å². The Hall–Kier alpha value is -0.770. The van der Waals surface area contributed by atoms with Crippen molar-refractivity contribution < 1.29 is 9.53 Å². The first-order valence-electron chi connectivity index (χ1n) is 6.87. The molecule has 1 heterocycles. The van der Waals surface area contributed by atoms with Gasteiger partial charge >= 0.3 is 5.97 Å². The van der Waals surface area contributed by atoms with Crippen molar-refractivity contribution in [3.8, 4) is 0 Å². The molecule has 1 aromatic carbocycles. The molecule has 110 valence electrons. The fourth-order valence-electron chi connectivity index (χ4n) is 2.62. The van der Waals surface area contributed by atoms with Crippen LogP contribution in [-0.2, 0) is 16.0 Å². The maximum absolute atomic E-state index is 12.1. The summed E-state index contributed by atoms with van der Waals surface area (Å²) >= 11 is 12.1. The summed E-state index contributed by atoms with van der Waals surface area (Å²) in [6, 6.07) is 5.12. The number of esters is 1. The van der Waals surface area contributed by atoms with Crippen molar-refractivity contribution >= 4 is 29.2 Å². The highest BCUT2D eigenvalue weighted by atomic mass is 35.5. The molecule has 0 N–H and O–H groups in total. The first kappa shape index (κ1) is 15.6. The minimum absolute atomic E-state index is 0.196. The van der Waals surface area contributed by atoms with E-state index in [1.165, 1.54) is 13.5 Å². The van der Waals surface area contributed by atoms with Crippen molar-refractivity contribution in [1.29, 1.82) is 0 Å². The third-order valence-corrected chi connectivity index (χ3v) is 4.32. The van der Waals surface area contributed by atoms with Crippen molar-refractivity contribution in [3.63, 3.8) is 0 Å². The molecule has 0 aliphatic carbocycles. The normalized spacial score (nSPS) is 17.8. The first-order valence-corrected chi connectivity index (χ1v) is 7.63. The largest absolute Gasteiger partial charge is 0.468 e. The Balaban J connectivity index is 2.16. The van der Waals surface area contributed by atoms with Crippen LogP contribution in [0.25, 0.3) is 0 Å². The predicted octanol–water partition coefficient (Wildman–Crippen LogP) is 3.56. The van der Waals surface area contributed by atoms with Gasteiger partial charge in [0.1, 0.15) is 6.04 Å². The van der Waals surface area contributed by atoms with Gasteiger partial charge in [0.25, 0.3) is 0 Å². The van der Waals surface area contributed by atoms with Gasteiger partial charge in [-0.15, -0.1) is 0 Å². The molecule has 1 fully saturated rings. The van der Waals surface area contributed by atoms with Gasteiger partial charge in [0.2, 0.25) is 0 Å². The van der Waals surface area contributed by atoms with Gasteiger partial charge < -0.3 is 4.74 Å². The second-order valence-electron chi connectivity index (χ2n) is 5.08. The van der Waals surface area contributed by atoms with Gasteiger partial charge in [0, 0.05) is 16.5 Å². The highest BCUT2D eigenvalue weighted by Crippen LogP contribution is 2.24. The highest BCUT2D eigenvalue weighted by molar-refractivity contribution is 6.35. The minimum Gasteiger partial charge on any atom is -0.468 e. The summed E-state index contributed by atoms with van der Waals surface area (Å²) in [7, 11) is 1.43. The van der Waals surface area contributed by atoms with Gasteiger partial charge in [0.15, 0.2) is 0 Å². The number of halogens is 2. The van der Waals surface area contributed by atoms with Crippen molar-refractivity contribution in [2.75, 3.05) is 20.2 Å². The van der Waals surface area contributed by atoms with Crippen LogP contribution in [0.4, 0.5) is 0 Å². The number of hydrogen-bond acceptors (Lipinski definition) is 3. The second-order valence-corrected chi connectivity index (χ2v) is 5.92. The number of methoxy groups -OCH3 is 1. The van der Waals surface area contributed by atoms with E-state index in [9.17, 15) is 4.79 Å². The molecule has 1 aliphatic heterocycles. The standard InChI is InChI=1S/C15H19Cl2NO2/c1-20-15(19)14(18-7-3-2-4-8-18)9-11-5-6-12(16)10-13(11)17/h5-6,10,14H,2-4,7-9H2,1H3/t14-/m1/s1. The van der Waals surface area contributed by atoms with Gasteiger partial charge in [-0.3, -0.25) is 9.69 Å². The third-order valence-electron chi connectivity index (χ3n) is 3.73. The summed E-state index contributed by atoms with van der Waals surface area (Å²) in [5.41, 5.74) is 0.928. The smallest absolute Gasteiger partial charge is 0.323 e. The number of carbonyl (C=O) groups is 1. The minimum atomic E-state index is -0.265. The summed E-state index contributed by atoms with van der Waals surface area (Å²) < 4.78 is 4.95. The zero-order valence-corrected chi connectivity index (χ0v) is 13.1. The number of hydrogen-bond donors (Lipinski definition) is 0. The van der Waals surface area contributed by atoms with Gasteiger partial charge in [-0.25, -0.2) is 0 Å². The van der Waals surface area contributed by atoms with Crippen LogP contribution in [0.3, 0.4) is 0 Å². The van der Waals surface area contributed by atoms with Crippen LogP contribution in [0, 0.1) is 0 Å². The van der Waals surface area contributed by atoms with E-state index in [0.29, 0.717) is 16.5 Å². The number of likely N-dealkylation sites (tertiary alicyclic amines) is 1. The summed E-state index contributed by atoms with van der Waals surface area (Å²) in [4.78, 5) is 14.3. The van der Waals surface area contributed by atoms with E-state index in [1.807, 2.05) is 6.07 Å². The lowest BCUT2D eigenvalue weighted by Crippen LogP contribution is -2.46. The summed E-state index contributed by atoms with van der Waals surface area (Å²) in [5.74, 6) is -0.196. The lowest BCUT2D eigenvalue weighted by Gasteiger charge is -2.33. The van der Waals surface area contributed by atoms with Gasteiger partial charge in [0.05, 0.1) is 7.11 Å². The lowest BCUT2D eigenvalue weighted by atomic mass is 10.0. The van der Waals surface area contributed by atoms with E-state index >= 15 is 0 Å². The van der Waals surface area contributed by atoms with Crippen molar-refractivity contribution in [3.05, 3.63) is 33.8 Å². The molecule has 5 heteroatoms. The number of rotatable bonds is 4. The Morgan fingerprint density at radius 2 is 2.00 bits per heavy atom. The summed E-state index contributed by atoms with van der Waals surface area (Å²) in [6.45, 7) is 1.87. The molecular formula is C15H19Cl2NO2. The Kier molecular flexibility index (Phi) is 5.70. The number of piperidine rings is 1. The van der Waals surface area contributed by atoms with E-state index in [2.05, 4.69) is 4.90 Å². The van der Waals surface area contributed by atoms with Crippen LogP contribution < -0.4 is 0 Å². The molecular weight excluding hydrogens is 297 g/mol. The molecule has 0 unspecified atom stereocenters. The first-order chi connectivity index (χ1) is 9.61. The summed E-state index contributed by atoms with van der Waals surface area (Å²) in [5, 5.41) is 1.20. The molecule has 1 saturated heterocycles. The molecule has 1 aromatic rings. The van der Waals surface area contributed by atoms with E-state index in [4.69, 9.17) is 27.9 Å². The molecule has 1 atom stereocenters. The average molecular weight is 316 g/mol. The molecule has 2 rings (SSSR count). The molecule has 0 spiro atoms. The molecule has 0 amide bonds.